The van der Waals surface area contributed by atoms with Crippen LogP contribution in [0.5, 0.6) is 11.5 Å². The standard InChI is InChI=1S/C32H41N3O6S/c1-22(2)19-33-32(37)25(5)34(20-26-9-8-10-27(18-26)40-6)31(36)21-35(29-17-24(4)13-16-30(29)41-7)42(38,39)28-14-11-23(3)12-15-28/h8-18,22,25H,19-21H2,1-7H3,(H,33,37). The summed E-state index contributed by atoms with van der Waals surface area (Å²) in [6, 6.07) is 17.9. The van der Waals surface area contributed by atoms with Gasteiger partial charge in [0.25, 0.3) is 10.0 Å². The van der Waals surface area contributed by atoms with E-state index in [2.05, 4.69) is 5.32 Å². The monoisotopic (exact) mass is 595 g/mol. The van der Waals surface area contributed by atoms with Crippen molar-refractivity contribution in [3.63, 3.8) is 0 Å². The number of nitrogens with zero attached hydrogens (tertiary/aromatic N) is 2. The molecule has 0 aromatic heterocycles. The third-order valence-corrected chi connectivity index (χ3v) is 8.60. The summed E-state index contributed by atoms with van der Waals surface area (Å²) >= 11 is 0. The van der Waals surface area contributed by atoms with Gasteiger partial charge in [0.05, 0.1) is 24.8 Å². The van der Waals surface area contributed by atoms with E-state index in [1.54, 1.807) is 62.6 Å². The average Bonchev–Trinajstić information content (AvgIpc) is 2.97. The molecule has 1 N–H and O–H groups in total. The van der Waals surface area contributed by atoms with Crippen molar-refractivity contribution in [3.05, 3.63) is 83.4 Å². The molecule has 0 bridgehead atoms. The molecule has 3 aromatic rings. The van der Waals surface area contributed by atoms with Crippen LogP contribution in [0.25, 0.3) is 0 Å². The maximum atomic E-state index is 14.2. The first kappa shape index (κ1) is 32.5. The minimum atomic E-state index is -4.21. The number of nitrogens with one attached hydrogen (secondary N) is 1. The highest BCUT2D eigenvalue weighted by Crippen LogP contribution is 2.34. The summed E-state index contributed by atoms with van der Waals surface area (Å²) in [4.78, 5) is 28.8. The van der Waals surface area contributed by atoms with Crippen LogP contribution >= 0.6 is 0 Å². The van der Waals surface area contributed by atoms with Crippen molar-refractivity contribution in [2.24, 2.45) is 5.92 Å². The number of rotatable bonds is 13. The van der Waals surface area contributed by atoms with Crippen LogP contribution in [-0.4, -0.2) is 58.5 Å². The van der Waals surface area contributed by atoms with Gasteiger partial charge in [-0.15, -0.1) is 0 Å². The van der Waals surface area contributed by atoms with E-state index in [4.69, 9.17) is 9.47 Å². The molecule has 0 aliphatic rings. The van der Waals surface area contributed by atoms with Crippen LogP contribution in [0.3, 0.4) is 0 Å². The van der Waals surface area contributed by atoms with Gasteiger partial charge < -0.3 is 19.7 Å². The van der Waals surface area contributed by atoms with Gasteiger partial charge in [-0.25, -0.2) is 8.42 Å². The first-order chi connectivity index (χ1) is 19.9. The lowest BCUT2D eigenvalue weighted by Crippen LogP contribution is -2.51. The lowest BCUT2D eigenvalue weighted by atomic mass is 10.1. The van der Waals surface area contributed by atoms with Gasteiger partial charge in [0.15, 0.2) is 0 Å². The molecule has 226 valence electrons. The number of amides is 2. The van der Waals surface area contributed by atoms with E-state index in [9.17, 15) is 18.0 Å². The maximum absolute atomic E-state index is 14.2. The number of methoxy groups -OCH3 is 2. The molecule has 1 atom stereocenters. The molecular weight excluding hydrogens is 554 g/mol. The van der Waals surface area contributed by atoms with Crippen LogP contribution in [0, 0.1) is 19.8 Å². The molecule has 9 nitrogen and oxygen atoms in total. The Labute approximate surface area is 249 Å². The zero-order valence-electron chi connectivity index (χ0n) is 25.4. The zero-order chi connectivity index (χ0) is 31.0. The van der Waals surface area contributed by atoms with E-state index in [1.165, 1.54) is 24.1 Å². The summed E-state index contributed by atoms with van der Waals surface area (Å²) in [5, 5.41) is 2.89. The predicted octanol–water partition coefficient (Wildman–Crippen LogP) is 4.71. The van der Waals surface area contributed by atoms with Gasteiger partial charge in [-0.3, -0.25) is 13.9 Å². The number of hydrogen-bond donors (Lipinski definition) is 1. The minimum Gasteiger partial charge on any atom is -0.497 e. The molecular formula is C32H41N3O6S. The van der Waals surface area contributed by atoms with Crippen LogP contribution in [0.4, 0.5) is 5.69 Å². The summed E-state index contributed by atoms with van der Waals surface area (Å²) in [6.45, 7) is 9.25. The molecule has 3 aromatic carbocycles. The van der Waals surface area contributed by atoms with Crippen molar-refractivity contribution >= 4 is 27.5 Å². The number of benzene rings is 3. The normalized spacial score (nSPS) is 12.0. The highest BCUT2D eigenvalue weighted by Gasteiger charge is 2.34. The Morgan fingerprint density at radius 2 is 1.55 bits per heavy atom. The Morgan fingerprint density at radius 1 is 0.881 bits per heavy atom. The SMILES string of the molecule is COc1cccc(CN(C(=O)CN(c2cc(C)ccc2OC)S(=O)(=O)c2ccc(C)cc2)C(C)C(=O)NCC(C)C)c1. The van der Waals surface area contributed by atoms with E-state index in [-0.39, 0.29) is 29.0 Å². The molecule has 1 unspecified atom stereocenters. The molecule has 2 amide bonds. The van der Waals surface area contributed by atoms with Gasteiger partial charge in [-0.05, 0) is 74.2 Å². The van der Waals surface area contributed by atoms with Crippen LogP contribution < -0.4 is 19.1 Å². The van der Waals surface area contributed by atoms with Crippen molar-refractivity contribution in [2.75, 3.05) is 31.6 Å². The minimum absolute atomic E-state index is 0.0338. The highest BCUT2D eigenvalue weighted by molar-refractivity contribution is 7.92. The first-order valence-electron chi connectivity index (χ1n) is 13.8. The second kappa shape index (κ2) is 14.2. The van der Waals surface area contributed by atoms with Crippen LogP contribution in [0.2, 0.25) is 0 Å². The molecule has 0 spiro atoms. The smallest absolute Gasteiger partial charge is 0.264 e. The Kier molecular flexibility index (Phi) is 11.0. The van der Waals surface area contributed by atoms with Crippen molar-refractivity contribution in [2.45, 2.75) is 52.1 Å². The third-order valence-electron chi connectivity index (χ3n) is 6.83. The average molecular weight is 596 g/mol. The number of carbonyl (C=O) groups excluding carboxylic acids is 2. The van der Waals surface area contributed by atoms with E-state index in [0.29, 0.717) is 18.0 Å². The number of anilines is 1. The predicted molar refractivity (Wildman–Crippen MR) is 164 cm³/mol. The number of ether oxygens (including phenoxy) is 2. The Hall–Kier alpha value is -4.05. The third kappa shape index (κ3) is 8.03. The number of hydrogen-bond acceptors (Lipinski definition) is 6. The molecule has 0 saturated heterocycles. The van der Waals surface area contributed by atoms with Gasteiger partial charge in [-0.2, -0.15) is 0 Å². The van der Waals surface area contributed by atoms with Gasteiger partial charge in [0.2, 0.25) is 11.8 Å². The fourth-order valence-electron chi connectivity index (χ4n) is 4.35. The Morgan fingerprint density at radius 3 is 2.17 bits per heavy atom. The van der Waals surface area contributed by atoms with Crippen LogP contribution in [0.1, 0.15) is 37.5 Å². The second-order valence-corrected chi connectivity index (χ2v) is 12.6. The van der Waals surface area contributed by atoms with Crippen molar-refractivity contribution in [3.8, 4) is 11.5 Å². The molecule has 0 aliphatic heterocycles. The molecule has 0 aliphatic carbocycles. The fourth-order valence-corrected chi connectivity index (χ4v) is 5.76. The molecule has 0 radical (unpaired) electrons. The quantitative estimate of drug-likeness (QED) is 0.307. The summed E-state index contributed by atoms with van der Waals surface area (Å²) in [6.07, 6.45) is 0. The Bertz CT molecular complexity index is 1490. The van der Waals surface area contributed by atoms with Crippen LogP contribution in [-0.2, 0) is 26.2 Å². The van der Waals surface area contributed by atoms with Gasteiger partial charge in [-0.1, -0.05) is 49.7 Å². The molecule has 0 heterocycles. The van der Waals surface area contributed by atoms with E-state index in [0.717, 1.165) is 21.0 Å². The van der Waals surface area contributed by atoms with E-state index < -0.39 is 28.5 Å². The topological polar surface area (TPSA) is 105 Å². The van der Waals surface area contributed by atoms with Crippen LogP contribution in [0.15, 0.2) is 71.6 Å². The molecule has 10 heteroatoms. The molecule has 42 heavy (non-hydrogen) atoms. The fraction of sp³-hybridized carbons (Fsp3) is 0.375. The first-order valence-corrected chi connectivity index (χ1v) is 15.3. The lowest BCUT2D eigenvalue weighted by Gasteiger charge is -2.32. The largest absolute Gasteiger partial charge is 0.497 e. The summed E-state index contributed by atoms with van der Waals surface area (Å²) < 4.78 is 40.1. The van der Waals surface area contributed by atoms with Gasteiger partial charge in [0, 0.05) is 13.1 Å². The Balaban J connectivity index is 2.09. The van der Waals surface area contributed by atoms with Crippen molar-refractivity contribution in [1.29, 1.82) is 0 Å². The second-order valence-electron chi connectivity index (χ2n) is 10.7. The van der Waals surface area contributed by atoms with E-state index in [1.807, 2.05) is 33.8 Å². The zero-order valence-corrected chi connectivity index (χ0v) is 26.2. The maximum Gasteiger partial charge on any atom is 0.264 e. The van der Waals surface area contributed by atoms with Gasteiger partial charge in [0.1, 0.15) is 24.1 Å². The highest BCUT2D eigenvalue weighted by atomic mass is 32.2. The molecule has 3 rings (SSSR count). The summed E-state index contributed by atoms with van der Waals surface area (Å²) in [5.74, 6) is 0.231. The lowest BCUT2D eigenvalue weighted by molar-refractivity contribution is -0.139. The molecule has 0 saturated carbocycles. The number of carbonyl (C=O) groups is 2. The summed E-state index contributed by atoms with van der Waals surface area (Å²) in [7, 11) is -1.22. The van der Waals surface area contributed by atoms with Crippen molar-refractivity contribution < 1.29 is 27.5 Å². The molecule has 0 fully saturated rings. The van der Waals surface area contributed by atoms with E-state index >= 15 is 0 Å². The number of aryl methyl sites for hydroxylation is 2. The van der Waals surface area contributed by atoms with Crippen molar-refractivity contribution in [1.82, 2.24) is 10.2 Å². The number of sulfonamides is 1. The van der Waals surface area contributed by atoms with Gasteiger partial charge >= 0.3 is 0 Å². The summed E-state index contributed by atoms with van der Waals surface area (Å²) in [5.41, 5.74) is 2.64.